The number of rotatable bonds is 3. The second-order valence-corrected chi connectivity index (χ2v) is 4.38. The number of hydrogen-bond acceptors (Lipinski definition) is 4. The van der Waals surface area contributed by atoms with E-state index in [9.17, 15) is 4.79 Å². The van der Waals surface area contributed by atoms with Gasteiger partial charge in [0.25, 0.3) is 0 Å². The second kappa shape index (κ2) is 3.96. The van der Waals surface area contributed by atoms with E-state index in [1.807, 2.05) is 27.7 Å². The van der Waals surface area contributed by atoms with Crippen LogP contribution in [0.4, 0.5) is 0 Å². The Hall–Kier alpha value is -0.770. The van der Waals surface area contributed by atoms with Gasteiger partial charge in [-0.1, -0.05) is 27.7 Å². The summed E-state index contributed by atoms with van der Waals surface area (Å²) >= 11 is 1.20. The van der Waals surface area contributed by atoms with Crippen LogP contribution in [0.1, 0.15) is 49.2 Å². The Kier molecular flexibility index (Phi) is 3.14. The monoisotopic (exact) mass is 198 g/mol. The maximum atomic E-state index is 11.5. The molecule has 0 aliphatic rings. The molecule has 0 atom stereocenters. The van der Waals surface area contributed by atoms with Crippen LogP contribution in [0, 0.1) is 5.92 Å². The van der Waals surface area contributed by atoms with E-state index in [4.69, 9.17) is 0 Å². The van der Waals surface area contributed by atoms with Gasteiger partial charge in [0.1, 0.15) is 5.82 Å². The van der Waals surface area contributed by atoms with Crippen molar-refractivity contribution in [1.82, 2.24) is 9.36 Å². The standard InChI is InChI=1S/C9H14N2OS/c1-5(2)7(12)9-10-8(6(3)4)11-13-9/h5-6H,1-4H3. The Morgan fingerprint density at radius 1 is 1.31 bits per heavy atom. The van der Waals surface area contributed by atoms with E-state index in [2.05, 4.69) is 9.36 Å². The molecule has 13 heavy (non-hydrogen) atoms. The summed E-state index contributed by atoms with van der Waals surface area (Å²) in [6.45, 7) is 7.79. The summed E-state index contributed by atoms with van der Waals surface area (Å²) in [6.07, 6.45) is 0. The molecular weight excluding hydrogens is 184 g/mol. The molecule has 1 rings (SSSR count). The SMILES string of the molecule is CC(C)C(=O)c1nc(C(C)C)ns1. The molecule has 0 amide bonds. The summed E-state index contributed by atoms with van der Waals surface area (Å²) in [5.74, 6) is 1.16. The summed E-state index contributed by atoms with van der Waals surface area (Å²) in [4.78, 5) is 15.7. The number of aromatic nitrogens is 2. The van der Waals surface area contributed by atoms with Crippen LogP contribution < -0.4 is 0 Å². The van der Waals surface area contributed by atoms with E-state index >= 15 is 0 Å². The van der Waals surface area contributed by atoms with Gasteiger partial charge in [0.15, 0.2) is 10.8 Å². The third-order valence-corrected chi connectivity index (χ3v) is 2.44. The van der Waals surface area contributed by atoms with Crippen molar-refractivity contribution in [1.29, 1.82) is 0 Å². The smallest absolute Gasteiger partial charge is 0.195 e. The van der Waals surface area contributed by atoms with Crippen LogP contribution in [0.5, 0.6) is 0 Å². The number of hydrogen-bond donors (Lipinski definition) is 0. The van der Waals surface area contributed by atoms with Crippen LogP contribution in [0.2, 0.25) is 0 Å². The molecule has 0 radical (unpaired) electrons. The summed E-state index contributed by atoms with van der Waals surface area (Å²) in [5, 5.41) is 0.540. The van der Waals surface area contributed by atoms with Crippen molar-refractivity contribution >= 4 is 17.3 Å². The first-order valence-electron chi connectivity index (χ1n) is 4.40. The third-order valence-electron chi connectivity index (χ3n) is 1.69. The van der Waals surface area contributed by atoms with E-state index in [-0.39, 0.29) is 11.7 Å². The summed E-state index contributed by atoms with van der Waals surface area (Å²) in [5.41, 5.74) is 0. The lowest BCUT2D eigenvalue weighted by atomic mass is 10.1. The van der Waals surface area contributed by atoms with Crippen molar-refractivity contribution in [3.8, 4) is 0 Å². The molecule has 1 aromatic heterocycles. The molecule has 1 aromatic rings. The number of carbonyl (C=O) groups is 1. The van der Waals surface area contributed by atoms with Gasteiger partial charge in [-0.15, -0.1) is 0 Å². The molecule has 0 aliphatic heterocycles. The van der Waals surface area contributed by atoms with E-state index < -0.39 is 0 Å². The molecule has 4 heteroatoms. The number of carbonyl (C=O) groups excluding carboxylic acids is 1. The minimum Gasteiger partial charge on any atom is -0.291 e. The van der Waals surface area contributed by atoms with Crippen molar-refractivity contribution < 1.29 is 4.79 Å². The van der Waals surface area contributed by atoms with Crippen molar-refractivity contribution in [3.05, 3.63) is 10.8 Å². The second-order valence-electron chi connectivity index (χ2n) is 3.63. The Morgan fingerprint density at radius 3 is 2.31 bits per heavy atom. The minimum absolute atomic E-state index is 0.00737. The zero-order valence-electron chi connectivity index (χ0n) is 8.37. The number of ketones is 1. The Morgan fingerprint density at radius 2 is 1.92 bits per heavy atom. The molecule has 1 heterocycles. The van der Waals surface area contributed by atoms with Gasteiger partial charge in [-0.25, -0.2) is 4.98 Å². The largest absolute Gasteiger partial charge is 0.291 e. The summed E-state index contributed by atoms with van der Waals surface area (Å²) in [6, 6.07) is 0. The highest BCUT2D eigenvalue weighted by molar-refractivity contribution is 7.07. The Labute approximate surface area is 82.4 Å². The molecule has 0 aromatic carbocycles. The molecule has 0 spiro atoms. The van der Waals surface area contributed by atoms with Gasteiger partial charge in [0.05, 0.1) is 0 Å². The normalized spacial score (nSPS) is 11.2. The lowest BCUT2D eigenvalue weighted by molar-refractivity contribution is 0.0939. The van der Waals surface area contributed by atoms with Crippen molar-refractivity contribution in [2.75, 3.05) is 0 Å². The molecule has 0 aliphatic carbocycles. The van der Waals surface area contributed by atoms with Crippen molar-refractivity contribution in [2.45, 2.75) is 33.6 Å². The first-order chi connectivity index (χ1) is 6.02. The maximum absolute atomic E-state index is 11.5. The molecule has 0 fully saturated rings. The lowest BCUT2D eigenvalue weighted by Crippen LogP contribution is -2.07. The minimum atomic E-state index is 0.00737. The Balaban J connectivity index is 2.86. The van der Waals surface area contributed by atoms with Crippen LogP contribution in [-0.2, 0) is 0 Å². The predicted octanol–water partition coefficient (Wildman–Crippen LogP) is 2.50. The average Bonchev–Trinajstić information content (AvgIpc) is 2.50. The maximum Gasteiger partial charge on any atom is 0.195 e. The van der Waals surface area contributed by atoms with Gasteiger partial charge in [0, 0.05) is 11.8 Å². The van der Waals surface area contributed by atoms with Gasteiger partial charge < -0.3 is 0 Å². The topological polar surface area (TPSA) is 42.9 Å². The average molecular weight is 198 g/mol. The molecule has 3 nitrogen and oxygen atoms in total. The molecule has 0 unspecified atom stereocenters. The van der Waals surface area contributed by atoms with Gasteiger partial charge in [-0.2, -0.15) is 4.37 Å². The van der Waals surface area contributed by atoms with E-state index in [0.29, 0.717) is 10.9 Å². The molecule has 0 saturated heterocycles. The molecule has 0 saturated carbocycles. The highest BCUT2D eigenvalue weighted by Gasteiger charge is 2.16. The number of Topliss-reactive ketones (excluding diaryl/α,β-unsaturated/α-hetero) is 1. The zero-order chi connectivity index (χ0) is 10.0. The fraction of sp³-hybridized carbons (Fsp3) is 0.667. The third kappa shape index (κ3) is 2.34. The van der Waals surface area contributed by atoms with Crippen LogP contribution in [0.3, 0.4) is 0 Å². The fourth-order valence-corrected chi connectivity index (χ4v) is 1.71. The first-order valence-corrected chi connectivity index (χ1v) is 5.17. The Bertz CT molecular complexity index is 304. The van der Waals surface area contributed by atoms with E-state index in [1.54, 1.807) is 0 Å². The number of nitrogens with zero attached hydrogens (tertiary/aromatic N) is 2. The van der Waals surface area contributed by atoms with Crippen LogP contribution >= 0.6 is 11.5 Å². The van der Waals surface area contributed by atoms with E-state index in [0.717, 1.165) is 5.82 Å². The highest BCUT2D eigenvalue weighted by atomic mass is 32.1. The van der Waals surface area contributed by atoms with Gasteiger partial charge in [-0.3, -0.25) is 4.79 Å². The van der Waals surface area contributed by atoms with Crippen molar-refractivity contribution in [2.24, 2.45) is 5.92 Å². The van der Waals surface area contributed by atoms with Crippen molar-refractivity contribution in [3.63, 3.8) is 0 Å². The van der Waals surface area contributed by atoms with Crippen LogP contribution in [0.25, 0.3) is 0 Å². The predicted molar refractivity (Wildman–Crippen MR) is 53.2 cm³/mol. The van der Waals surface area contributed by atoms with Crippen LogP contribution in [0.15, 0.2) is 0 Å². The first kappa shape index (κ1) is 10.3. The summed E-state index contributed by atoms with van der Waals surface area (Å²) < 4.78 is 4.13. The van der Waals surface area contributed by atoms with Gasteiger partial charge >= 0.3 is 0 Å². The summed E-state index contributed by atoms with van der Waals surface area (Å²) in [7, 11) is 0. The van der Waals surface area contributed by atoms with Crippen LogP contribution in [-0.4, -0.2) is 15.1 Å². The molecule has 72 valence electrons. The van der Waals surface area contributed by atoms with E-state index in [1.165, 1.54) is 11.5 Å². The quantitative estimate of drug-likeness (QED) is 0.701. The molecule has 0 bridgehead atoms. The van der Waals surface area contributed by atoms with Gasteiger partial charge in [-0.05, 0) is 11.5 Å². The lowest BCUT2D eigenvalue weighted by Gasteiger charge is -1.98. The van der Waals surface area contributed by atoms with Gasteiger partial charge in [0.2, 0.25) is 0 Å². The molecule has 0 N–H and O–H groups in total. The zero-order valence-corrected chi connectivity index (χ0v) is 9.18. The highest BCUT2D eigenvalue weighted by Crippen LogP contribution is 2.16. The molecular formula is C9H14N2OS. The fourth-order valence-electron chi connectivity index (χ4n) is 0.816.